The second-order valence-electron chi connectivity index (χ2n) is 5.42. The lowest BCUT2D eigenvalue weighted by molar-refractivity contribution is -0.135. The zero-order chi connectivity index (χ0) is 19.2. The molecule has 1 aliphatic heterocycles. The van der Waals surface area contributed by atoms with Gasteiger partial charge in [-0.15, -0.1) is 0 Å². The van der Waals surface area contributed by atoms with Crippen LogP contribution in [-0.2, 0) is 9.53 Å². The molecular formula is C20H18N2O4S. The number of carbonyl (C=O) groups excluding carboxylic acids is 1. The van der Waals surface area contributed by atoms with E-state index in [-0.39, 0.29) is 11.3 Å². The first-order chi connectivity index (χ1) is 13.1. The first-order valence-corrected chi connectivity index (χ1v) is 9.08. The number of esters is 1. The summed E-state index contributed by atoms with van der Waals surface area (Å²) in [6.07, 6.45) is 3.35. The first kappa shape index (κ1) is 18.7. The third-order valence-electron chi connectivity index (χ3n) is 3.63. The van der Waals surface area contributed by atoms with Crippen molar-refractivity contribution < 1.29 is 19.4 Å². The maximum Gasteiger partial charge on any atom is 0.344 e. The largest absolute Gasteiger partial charge is 0.506 e. The van der Waals surface area contributed by atoms with Gasteiger partial charge >= 0.3 is 5.97 Å². The van der Waals surface area contributed by atoms with Gasteiger partial charge in [-0.1, -0.05) is 17.8 Å². The van der Waals surface area contributed by atoms with E-state index in [4.69, 9.17) is 9.47 Å². The molecule has 0 radical (unpaired) electrons. The Morgan fingerprint density at radius 2 is 2.04 bits per heavy atom. The fourth-order valence-corrected chi connectivity index (χ4v) is 3.41. The summed E-state index contributed by atoms with van der Waals surface area (Å²) in [7, 11) is 1.27. The van der Waals surface area contributed by atoms with Crippen LogP contribution in [0.15, 0.2) is 69.9 Å². The minimum Gasteiger partial charge on any atom is -0.506 e. The van der Waals surface area contributed by atoms with Crippen molar-refractivity contribution in [3.05, 3.63) is 70.6 Å². The number of hydrogen-bond acceptors (Lipinski definition) is 7. The van der Waals surface area contributed by atoms with E-state index in [1.165, 1.54) is 18.9 Å². The SMILES string of the molecule is CCOc1ccc(N=C2S/C(=C/c3ccccn3)C(O)=C2C(=O)OC)cc1. The van der Waals surface area contributed by atoms with E-state index in [9.17, 15) is 9.90 Å². The Labute approximate surface area is 161 Å². The molecule has 1 aliphatic rings. The number of thioether (sulfide) groups is 1. The molecule has 1 N–H and O–H groups in total. The molecule has 1 aromatic heterocycles. The van der Waals surface area contributed by atoms with Gasteiger partial charge in [0.25, 0.3) is 0 Å². The molecular weight excluding hydrogens is 364 g/mol. The number of ether oxygens (including phenoxy) is 2. The van der Waals surface area contributed by atoms with Crippen molar-refractivity contribution in [2.75, 3.05) is 13.7 Å². The van der Waals surface area contributed by atoms with Crippen LogP contribution >= 0.6 is 11.8 Å². The molecule has 1 aromatic carbocycles. The van der Waals surface area contributed by atoms with Crippen LogP contribution in [0.4, 0.5) is 5.69 Å². The topological polar surface area (TPSA) is 81.0 Å². The number of nitrogens with zero attached hydrogens (tertiary/aromatic N) is 2. The van der Waals surface area contributed by atoms with E-state index in [0.717, 1.165) is 5.75 Å². The molecule has 7 heteroatoms. The van der Waals surface area contributed by atoms with Crippen LogP contribution < -0.4 is 4.74 Å². The summed E-state index contributed by atoms with van der Waals surface area (Å²) >= 11 is 1.19. The van der Waals surface area contributed by atoms with Crippen LogP contribution in [0, 0.1) is 0 Å². The van der Waals surface area contributed by atoms with E-state index in [1.807, 2.05) is 13.0 Å². The number of rotatable bonds is 5. The second kappa shape index (κ2) is 8.55. The van der Waals surface area contributed by atoms with Gasteiger partial charge in [-0.2, -0.15) is 0 Å². The monoisotopic (exact) mass is 382 g/mol. The summed E-state index contributed by atoms with van der Waals surface area (Å²) in [5.41, 5.74) is 1.34. The Hall–Kier alpha value is -3.06. The quantitative estimate of drug-likeness (QED) is 0.777. The zero-order valence-corrected chi connectivity index (χ0v) is 15.7. The molecule has 27 heavy (non-hydrogen) atoms. The second-order valence-corrected chi connectivity index (χ2v) is 6.45. The van der Waals surface area contributed by atoms with Gasteiger partial charge in [-0.05, 0) is 49.4 Å². The lowest BCUT2D eigenvalue weighted by atomic mass is 10.2. The molecule has 2 aromatic rings. The highest BCUT2D eigenvalue weighted by atomic mass is 32.2. The minimum atomic E-state index is -0.644. The van der Waals surface area contributed by atoms with Gasteiger partial charge in [0.15, 0.2) is 0 Å². The number of carbonyl (C=O) groups is 1. The number of aliphatic hydroxyl groups excluding tert-OH is 1. The molecule has 0 saturated carbocycles. The minimum absolute atomic E-state index is 0.0403. The molecule has 0 bridgehead atoms. The van der Waals surface area contributed by atoms with E-state index in [2.05, 4.69) is 9.98 Å². The van der Waals surface area contributed by atoms with Crippen molar-refractivity contribution in [2.45, 2.75) is 6.92 Å². The van der Waals surface area contributed by atoms with Crippen LogP contribution in [0.3, 0.4) is 0 Å². The molecule has 6 nitrogen and oxygen atoms in total. The molecule has 0 unspecified atom stereocenters. The number of hydrogen-bond donors (Lipinski definition) is 1. The Morgan fingerprint density at radius 3 is 2.67 bits per heavy atom. The van der Waals surface area contributed by atoms with Crippen molar-refractivity contribution in [2.24, 2.45) is 4.99 Å². The maximum absolute atomic E-state index is 12.2. The highest BCUT2D eigenvalue weighted by molar-refractivity contribution is 8.18. The molecule has 0 atom stereocenters. The predicted octanol–water partition coefficient (Wildman–Crippen LogP) is 4.28. The molecule has 138 valence electrons. The molecule has 0 saturated heterocycles. The van der Waals surface area contributed by atoms with Crippen molar-refractivity contribution in [1.82, 2.24) is 4.98 Å². The van der Waals surface area contributed by atoms with Gasteiger partial charge in [-0.25, -0.2) is 9.79 Å². The summed E-state index contributed by atoms with van der Waals surface area (Å²) in [5, 5.41) is 10.9. The van der Waals surface area contributed by atoms with E-state index in [0.29, 0.717) is 27.9 Å². The summed E-state index contributed by atoms with van der Waals surface area (Å²) in [4.78, 5) is 21.4. The Kier molecular flexibility index (Phi) is 5.93. The Morgan fingerprint density at radius 1 is 1.26 bits per heavy atom. The fourth-order valence-electron chi connectivity index (χ4n) is 2.39. The summed E-state index contributed by atoms with van der Waals surface area (Å²) in [6, 6.07) is 12.6. The average molecular weight is 382 g/mol. The van der Waals surface area contributed by atoms with Crippen molar-refractivity contribution in [3.8, 4) is 5.75 Å². The van der Waals surface area contributed by atoms with Crippen LogP contribution in [0.2, 0.25) is 0 Å². The normalized spacial score (nSPS) is 16.8. The van der Waals surface area contributed by atoms with Gasteiger partial charge in [0.2, 0.25) is 0 Å². The van der Waals surface area contributed by atoms with E-state index >= 15 is 0 Å². The van der Waals surface area contributed by atoms with Crippen LogP contribution in [0.5, 0.6) is 5.75 Å². The molecule has 3 rings (SSSR count). The van der Waals surface area contributed by atoms with E-state index in [1.54, 1.807) is 48.7 Å². The fraction of sp³-hybridized carbons (Fsp3) is 0.150. The number of pyridine rings is 1. The lowest BCUT2D eigenvalue weighted by Gasteiger charge is -2.04. The highest BCUT2D eigenvalue weighted by Crippen LogP contribution is 2.40. The molecule has 0 amide bonds. The molecule has 0 fully saturated rings. The third-order valence-corrected chi connectivity index (χ3v) is 4.65. The summed E-state index contributed by atoms with van der Waals surface area (Å²) in [5.74, 6) is -0.0702. The average Bonchev–Trinajstić information content (AvgIpc) is 2.99. The maximum atomic E-state index is 12.2. The van der Waals surface area contributed by atoms with Gasteiger partial charge in [0.05, 0.1) is 30.0 Å². The van der Waals surface area contributed by atoms with Crippen LogP contribution in [0.1, 0.15) is 12.6 Å². The van der Waals surface area contributed by atoms with Crippen molar-refractivity contribution >= 4 is 34.5 Å². The highest BCUT2D eigenvalue weighted by Gasteiger charge is 2.33. The van der Waals surface area contributed by atoms with E-state index < -0.39 is 5.97 Å². The van der Waals surface area contributed by atoms with Gasteiger partial charge in [0.1, 0.15) is 22.1 Å². The Balaban J connectivity index is 1.97. The number of aromatic nitrogens is 1. The molecule has 2 heterocycles. The lowest BCUT2D eigenvalue weighted by Crippen LogP contribution is -2.10. The zero-order valence-electron chi connectivity index (χ0n) is 14.9. The summed E-state index contributed by atoms with van der Waals surface area (Å²) in [6.45, 7) is 2.49. The van der Waals surface area contributed by atoms with Crippen LogP contribution in [0.25, 0.3) is 6.08 Å². The van der Waals surface area contributed by atoms with Gasteiger partial charge in [0, 0.05) is 6.20 Å². The van der Waals surface area contributed by atoms with Gasteiger partial charge in [-0.3, -0.25) is 4.98 Å². The van der Waals surface area contributed by atoms with Crippen molar-refractivity contribution in [1.29, 1.82) is 0 Å². The molecule has 0 aliphatic carbocycles. The smallest absolute Gasteiger partial charge is 0.344 e. The van der Waals surface area contributed by atoms with Crippen LogP contribution in [-0.4, -0.2) is 34.8 Å². The molecule has 0 spiro atoms. The number of aliphatic hydroxyl groups is 1. The number of benzene rings is 1. The predicted molar refractivity (Wildman–Crippen MR) is 106 cm³/mol. The number of methoxy groups -OCH3 is 1. The van der Waals surface area contributed by atoms with Crippen molar-refractivity contribution in [3.63, 3.8) is 0 Å². The number of aliphatic imine (C=N–C) groups is 1. The Bertz CT molecular complexity index is 919. The first-order valence-electron chi connectivity index (χ1n) is 8.26. The third kappa shape index (κ3) is 4.38. The van der Waals surface area contributed by atoms with Gasteiger partial charge < -0.3 is 14.6 Å². The summed E-state index contributed by atoms with van der Waals surface area (Å²) < 4.78 is 10.2. The standard InChI is InChI=1S/C20H18N2O4S/c1-3-26-15-9-7-13(8-10-15)22-19-17(20(24)25-2)18(23)16(27-19)12-14-6-4-5-11-21-14/h4-12,23H,3H2,1-2H3/b16-12+,22-19?.